The zero-order chi connectivity index (χ0) is 35.2. The molecular weight excluding hydrogens is 621 g/mol. The highest BCUT2D eigenvalue weighted by Gasteiger charge is 2.48. The second kappa shape index (κ2) is 13.4. The second-order valence-corrected chi connectivity index (χ2v) is 15.9. The van der Waals surface area contributed by atoms with E-state index in [-0.39, 0.29) is 11.6 Å². The van der Waals surface area contributed by atoms with Crippen molar-refractivity contribution in [2.45, 2.75) is 78.3 Å². The Labute approximate surface area is 295 Å². The molecule has 0 spiro atoms. The maximum Gasteiger partial charge on any atom is 0.160 e. The van der Waals surface area contributed by atoms with Crippen LogP contribution in [0.4, 0.5) is 0 Å². The minimum atomic E-state index is -0.747. The smallest absolute Gasteiger partial charge is 0.160 e. The van der Waals surface area contributed by atoms with E-state index in [0.717, 1.165) is 82.0 Å². The standard InChI is InChI=1S/C42H50N6O2/c1-25(2)15-37(49)41(19-27(5)21-45-41)39-43-23-35(47-39)30-9-7-29(8-10-30)31-11-12-33-18-34(14-13-32(33)17-31)36-24-44-40(48-36)42(20-28(6)22-46-42)38(50)16-26(3)4/h7-14,17-18,23-28,45-46H,15-16,19-22H2,1-6H3,(H,43,47)(H,44,48)/t27-,28-,41+,42+/m0/s1. The Bertz CT molecular complexity index is 2020. The number of Topliss-reactive ketones (excluding diaryl/α,β-unsaturated/α-hetero) is 2. The first-order valence-electron chi connectivity index (χ1n) is 18.3. The van der Waals surface area contributed by atoms with Crippen LogP contribution >= 0.6 is 0 Å². The summed E-state index contributed by atoms with van der Waals surface area (Å²) in [5.74, 6) is 3.27. The highest BCUT2D eigenvalue weighted by Crippen LogP contribution is 2.38. The van der Waals surface area contributed by atoms with E-state index in [1.54, 1.807) is 0 Å². The van der Waals surface area contributed by atoms with Crippen molar-refractivity contribution in [3.63, 3.8) is 0 Å². The molecule has 0 saturated carbocycles. The van der Waals surface area contributed by atoms with E-state index < -0.39 is 11.1 Å². The normalized spacial score (nSPS) is 23.8. The number of fused-ring (bicyclic) bond motifs is 1. The van der Waals surface area contributed by atoms with Crippen molar-refractivity contribution in [1.29, 1.82) is 0 Å². The van der Waals surface area contributed by atoms with Crippen molar-refractivity contribution in [1.82, 2.24) is 30.6 Å². The molecular formula is C42H50N6O2. The third-order valence-corrected chi connectivity index (χ3v) is 10.6. The summed E-state index contributed by atoms with van der Waals surface area (Å²) < 4.78 is 0. The molecule has 0 radical (unpaired) electrons. The summed E-state index contributed by atoms with van der Waals surface area (Å²) in [6, 6.07) is 21.5. The maximum absolute atomic E-state index is 13.5. The number of ketones is 2. The van der Waals surface area contributed by atoms with Crippen LogP contribution in [-0.4, -0.2) is 44.6 Å². The van der Waals surface area contributed by atoms with Crippen LogP contribution in [0.25, 0.3) is 44.4 Å². The van der Waals surface area contributed by atoms with Gasteiger partial charge in [0.05, 0.1) is 23.8 Å². The largest absolute Gasteiger partial charge is 0.340 e. The van der Waals surface area contributed by atoms with E-state index >= 15 is 0 Å². The molecule has 0 bridgehead atoms. The minimum Gasteiger partial charge on any atom is -0.340 e. The van der Waals surface area contributed by atoms with Crippen molar-refractivity contribution >= 4 is 22.3 Å². The van der Waals surface area contributed by atoms with Crippen LogP contribution in [0.2, 0.25) is 0 Å². The van der Waals surface area contributed by atoms with Crippen LogP contribution in [0.1, 0.15) is 78.9 Å². The van der Waals surface area contributed by atoms with Gasteiger partial charge in [-0.25, -0.2) is 9.97 Å². The Hall–Kier alpha value is -4.40. The fourth-order valence-electron chi connectivity index (χ4n) is 7.98. The predicted octanol–water partition coefficient (Wildman–Crippen LogP) is 8.17. The molecule has 0 amide bonds. The number of hydrogen-bond donors (Lipinski definition) is 4. The molecule has 8 nitrogen and oxygen atoms in total. The van der Waals surface area contributed by atoms with E-state index in [1.807, 2.05) is 12.4 Å². The van der Waals surface area contributed by atoms with Gasteiger partial charge < -0.3 is 9.97 Å². The monoisotopic (exact) mass is 670 g/mol. The van der Waals surface area contributed by atoms with E-state index in [4.69, 9.17) is 9.97 Å². The molecule has 50 heavy (non-hydrogen) atoms. The molecule has 4 heterocycles. The van der Waals surface area contributed by atoms with Gasteiger partial charge in [-0.1, -0.05) is 90.1 Å². The zero-order valence-electron chi connectivity index (χ0n) is 30.2. The molecule has 2 aliphatic heterocycles. The lowest BCUT2D eigenvalue weighted by Crippen LogP contribution is -2.46. The maximum atomic E-state index is 13.5. The highest BCUT2D eigenvalue weighted by atomic mass is 16.1. The van der Waals surface area contributed by atoms with Gasteiger partial charge in [0.1, 0.15) is 22.7 Å². The topological polar surface area (TPSA) is 116 Å². The Morgan fingerprint density at radius 3 is 1.52 bits per heavy atom. The van der Waals surface area contributed by atoms with E-state index in [0.29, 0.717) is 36.5 Å². The van der Waals surface area contributed by atoms with Crippen LogP contribution in [0.5, 0.6) is 0 Å². The number of benzene rings is 3. The summed E-state index contributed by atoms with van der Waals surface area (Å²) in [6.07, 6.45) is 6.28. The van der Waals surface area contributed by atoms with Gasteiger partial charge >= 0.3 is 0 Å². The van der Waals surface area contributed by atoms with Crippen molar-refractivity contribution in [2.75, 3.05) is 13.1 Å². The molecule has 2 aliphatic rings. The lowest BCUT2D eigenvalue weighted by Gasteiger charge is -2.27. The van der Waals surface area contributed by atoms with Crippen LogP contribution in [0.15, 0.2) is 73.1 Å². The molecule has 7 rings (SSSR count). The Balaban J connectivity index is 1.10. The van der Waals surface area contributed by atoms with Gasteiger partial charge in [0.2, 0.25) is 0 Å². The van der Waals surface area contributed by atoms with E-state index in [2.05, 4.69) is 123 Å². The second-order valence-electron chi connectivity index (χ2n) is 15.9. The minimum absolute atomic E-state index is 0.212. The number of imidazole rings is 2. The Morgan fingerprint density at radius 1 is 0.640 bits per heavy atom. The summed E-state index contributed by atoms with van der Waals surface area (Å²) in [5.41, 5.74) is 4.67. The van der Waals surface area contributed by atoms with Gasteiger partial charge in [0.25, 0.3) is 0 Å². The van der Waals surface area contributed by atoms with Gasteiger partial charge in [-0.3, -0.25) is 20.2 Å². The number of hydrogen-bond acceptors (Lipinski definition) is 6. The molecule has 2 saturated heterocycles. The third kappa shape index (κ3) is 6.35. The molecule has 8 heteroatoms. The average Bonchev–Trinajstić information content (AvgIpc) is 3.91. The summed E-state index contributed by atoms with van der Waals surface area (Å²) in [4.78, 5) is 43.4. The van der Waals surface area contributed by atoms with Crippen LogP contribution in [0.3, 0.4) is 0 Å². The number of H-pyrrole nitrogens is 2. The molecule has 2 aromatic heterocycles. The van der Waals surface area contributed by atoms with Crippen LogP contribution < -0.4 is 10.6 Å². The summed E-state index contributed by atoms with van der Waals surface area (Å²) in [7, 11) is 0. The number of nitrogens with one attached hydrogen (secondary N) is 4. The molecule has 0 unspecified atom stereocenters. The molecule has 3 aromatic carbocycles. The quantitative estimate of drug-likeness (QED) is 0.113. The summed E-state index contributed by atoms with van der Waals surface area (Å²) >= 11 is 0. The first kappa shape index (κ1) is 34.1. The van der Waals surface area contributed by atoms with Gasteiger partial charge in [-0.2, -0.15) is 0 Å². The molecule has 4 N–H and O–H groups in total. The zero-order valence-corrected chi connectivity index (χ0v) is 30.2. The lowest BCUT2D eigenvalue weighted by molar-refractivity contribution is -0.127. The number of carbonyl (C=O) groups is 2. The van der Waals surface area contributed by atoms with E-state index in [9.17, 15) is 9.59 Å². The number of nitrogens with zero attached hydrogens (tertiary/aromatic N) is 2. The molecule has 2 fully saturated rings. The summed E-state index contributed by atoms with van der Waals surface area (Å²) in [5, 5.41) is 9.35. The number of aromatic amines is 2. The predicted molar refractivity (Wildman–Crippen MR) is 200 cm³/mol. The Kier molecular flexibility index (Phi) is 9.12. The highest BCUT2D eigenvalue weighted by molar-refractivity contribution is 5.92. The van der Waals surface area contributed by atoms with Gasteiger partial charge in [0, 0.05) is 18.4 Å². The lowest BCUT2D eigenvalue weighted by atomic mass is 9.84. The molecule has 260 valence electrons. The van der Waals surface area contributed by atoms with E-state index in [1.165, 1.54) is 0 Å². The van der Waals surface area contributed by atoms with Gasteiger partial charge in [-0.05, 0) is 89.2 Å². The first-order valence-corrected chi connectivity index (χ1v) is 18.3. The fourth-order valence-corrected chi connectivity index (χ4v) is 7.98. The van der Waals surface area contributed by atoms with Gasteiger partial charge in [-0.15, -0.1) is 0 Å². The number of aromatic nitrogens is 4. The van der Waals surface area contributed by atoms with Crippen molar-refractivity contribution < 1.29 is 9.59 Å². The molecule has 0 aliphatic carbocycles. The first-order chi connectivity index (χ1) is 24.0. The van der Waals surface area contributed by atoms with Crippen LogP contribution in [0, 0.1) is 23.7 Å². The van der Waals surface area contributed by atoms with Gasteiger partial charge in [0.15, 0.2) is 11.6 Å². The fraction of sp³-hybridized carbons (Fsp3) is 0.429. The van der Waals surface area contributed by atoms with Crippen molar-refractivity contribution in [3.05, 3.63) is 84.7 Å². The Morgan fingerprint density at radius 2 is 1.06 bits per heavy atom. The molecule has 4 atom stereocenters. The number of rotatable bonds is 11. The van der Waals surface area contributed by atoms with Crippen molar-refractivity contribution in [3.8, 4) is 33.6 Å². The van der Waals surface area contributed by atoms with Crippen molar-refractivity contribution in [2.24, 2.45) is 23.7 Å². The average molecular weight is 671 g/mol. The number of carbonyl (C=O) groups excluding carboxylic acids is 2. The molecule has 5 aromatic rings. The SMILES string of the molecule is CC(C)CC(=O)[C@@]1(c2ncc(-c3ccc(-c4ccc5cc(-c6cnc([C@]7(C(=O)CC(C)C)C[C@H](C)CN7)[nH]6)ccc5c4)cc3)[nH]2)C[C@H](C)CN1. The third-order valence-electron chi connectivity index (χ3n) is 10.6. The summed E-state index contributed by atoms with van der Waals surface area (Å²) in [6.45, 7) is 14.3. The van der Waals surface area contributed by atoms with Crippen LogP contribution in [-0.2, 0) is 20.7 Å².